The average Bonchev–Trinajstić information content (AvgIpc) is 3.07. The highest BCUT2D eigenvalue weighted by molar-refractivity contribution is 6.10. The Kier molecular flexibility index (Phi) is 4.88. The molecule has 0 atom stereocenters. The lowest BCUT2D eigenvalue weighted by atomic mass is 9.96. The van der Waals surface area contributed by atoms with E-state index in [0.29, 0.717) is 33.9 Å². The topological polar surface area (TPSA) is 88.1 Å². The molecule has 0 amide bonds. The minimum Gasteiger partial charge on any atom is -0.469 e. The zero-order valence-electron chi connectivity index (χ0n) is 14.2. The fraction of sp³-hybridized carbons (Fsp3) is 0.211. The van der Waals surface area contributed by atoms with E-state index < -0.39 is 11.9 Å². The fourth-order valence-electron chi connectivity index (χ4n) is 2.57. The molecule has 3 rings (SSSR count). The molecule has 0 spiro atoms. The molecule has 2 aromatic carbocycles. The van der Waals surface area contributed by atoms with E-state index in [-0.39, 0.29) is 19.0 Å². The van der Waals surface area contributed by atoms with Crippen LogP contribution in [0.25, 0.3) is 0 Å². The number of carbonyl (C=O) groups is 3. The number of hydrogen-bond acceptors (Lipinski definition) is 7. The molecule has 134 valence electrons. The van der Waals surface area contributed by atoms with Gasteiger partial charge in [0.25, 0.3) is 0 Å². The van der Waals surface area contributed by atoms with Gasteiger partial charge in [0.2, 0.25) is 6.79 Å². The molecule has 1 heterocycles. The van der Waals surface area contributed by atoms with Crippen LogP contribution in [-0.4, -0.2) is 31.6 Å². The van der Waals surface area contributed by atoms with Crippen LogP contribution in [0.15, 0.2) is 36.4 Å². The van der Waals surface area contributed by atoms with E-state index in [1.54, 1.807) is 24.3 Å². The zero-order chi connectivity index (χ0) is 18.7. The van der Waals surface area contributed by atoms with Gasteiger partial charge in [-0.05, 0) is 42.0 Å². The Morgan fingerprint density at radius 1 is 1.04 bits per heavy atom. The Labute approximate surface area is 149 Å². The average molecular weight is 356 g/mol. The van der Waals surface area contributed by atoms with E-state index in [9.17, 15) is 14.4 Å². The molecule has 2 aromatic rings. The van der Waals surface area contributed by atoms with Crippen molar-refractivity contribution in [2.45, 2.75) is 13.3 Å². The summed E-state index contributed by atoms with van der Waals surface area (Å²) in [6.07, 6.45) is -0.0697. The first kappa shape index (κ1) is 17.5. The minimum absolute atomic E-state index is 0.0573. The maximum Gasteiger partial charge on any atom is 0.310 e. The van der Waals surface area contributed by atoms with Gasteiger partial charge in [-0.3, -0.25) is 14.4 Å². The third-order valence-electron chi connectivity index (χ3n) is 3.78. The number of carbonyl (C=O) groups excluding carboxylic acids is 3. The predicted octanol–water partition coefficient (Wildman–Crippen LogP) is 2.29. The first-order valence-electron chi connectivity index (χ1n) is 7.80. The fourth-order valence-corrected chi connectivity index (χ4v) is 2.57. The van der Waals surface area contributed by atoms with Crippen molar-refractivity contribution in [2.24, 2.45) is 0 Å². The molecule has 0 unspecified atom stereocenters. The highest BCUT2D eigenvalue weighted by Crippen LogP contribution is 2.36. The van der Waals surface area contributed by atoms with Gasteiger partial charge in [0.1, 0.15) is 5.75 Å². The van der Waals surface area contributed by atoms with E-state index in [4.69, 9.17) is 18.9 Å². The van der Waals surface area contributed by atoms with Crippen LogP contribution in [0.5, 0.6) is 17.2 Å². The van der Waals surface area contributed by atoms with Crippen molar-refractivity contribution in [3.05, 3.63) is 53.1 Å². The van der Waals surface area contributed by atoms with Gasteiger partial charge >= 0.3 is 11.9 Å². The molecule has 0 saturated carbocycles. The lowest BCUT2D eigenvalue weighted by molar-refractivity contribution is -0.139. The van der Waals surface area contributed by atoms with Gasteiger partial charge in [0, 0.05) is 18.1 Å². The lowest BCUT2D eigenvalue weighted by Crippen LogP contribution is -2.11. The summed E-state index contributed by atoms with van der Waals surface area (Å²) in [5, 5.41) is 0. The molecule has 0 bridgehead atoms. The number of ether oxygens (including phenoxy) is 4. The number of methoxy groups -OCH3 is 1. The Morgan fingerprint density at radius 2 is 1.69 bits per heavy atom. The van der Waals surface area contributed by atoms with E-state index in [0.717, 1.165) is 0 Å². The molecule has 0 N–H and O–H groups in total. The summed E-state index contributed by atoms with van der Waals surface area (Å²) < 4.78 is 20.3. The summed E-state index contributed by atoms with van der Waals surface area (Å²) in [5.74, 6) is 0.0543. The molecular weight excluding hydrogens is 340 g/mol. The van der Waals surface area contributed by atoms with Crippen molar-refractivity contribution < 1.29 is 33.3 Å². The molecule has 7 nitrogen and oxygen atoms in total. The molecule has 0 aromatic heterocycles. The molecule has 0 aliphatic carbocycles. The van der Waals surface area contributed by atoms with E-state index in [2.05, 4.69) is 0 Å². The number of hydrogen-bond donors (Lipinski definition) is 0. The monoisotopic (exact) mass is 356 g/mol. The lowest BCUT2D eigenvalue weighted by Gasteiger charge is -2.10. The Balaban J connectivity index is 1.95. The van der Waals surface area contributed by atoms with Gasteiger partial charge < -0.3 is 18.9 Å². The van der Waals surface area contributed by atoms with Crippen LogP contribution >= 0.6 is 0 Å². The summed E-state index contributed by atoms with van der Waals surface area (Å²) in [6.45, 7) is 1.35. The van der Waals surface area contributed by atoms with Crippen molar-refractivity contribution >= 4 is 17.7 Å². The highest BCUT2D eigenvalue weighted by atomic mass is 16.7. The van der Waals surface area contributed by atoms with Crippen LogP contribution in [0.2, 0.25) is 0 Å². The maximum absolute atomic E-state index is 12.9. The van der Waals surface area contributed by atoms with Crippen LogP contribution < -0.4 is 14.2 Å². The Hall–Kier alpha value is -3.35. The number of rotatable bonds is 5. The number of benzene rings is 2. The van der Waals surface area contributed by atoms with Crippen molar-refractivity contribution in [3.8, 4) is 17.2 Å². The Morgan fingerprint density at radius 3 is 2.31 bits per heavy atom. The predicted molar refractivity (Wildman–Crippen MR) is 89.5 cm³/mol. The SMILES string of the molecule is COC(=O)Cc1cc2c(cc1C(=O)c1ccc(OC(C)=O)cc1)OCO2. The van der Waals surface area contributed by atoms with Crippen LogP contribution in [0.1, 0.15) is 28.4 Å². The summed E-state index contributed by atoms with van der Waals surface area (Å²) in [4.78, 5) is 35.6. The molecule has 0 radical (unpaired) electrons. The van der Waals surface area contributed by atoms with Crippen molar-refractivity contribution in [1.29, 1.82) is 0 Å². The zero-order valence-corrected chi connectivity index (χ0v) is 14.2. The molecule has 1 aliphatic heterocycles. The van der Waals surface area contributed by atoms with Gasteiger partial charge in [-0.15, -0.1) is 0 Å². The summed E-state index contributed by atoms with van der Waals surface area (Å²) in [7, 11) is 1.28. The normalized spacial score (nSPS) is 11.8. The molecule has 1 aliphatic rings. The number of esters is 2. The second kappa shape index (κ2) is 7.26. The second-order valence-corrected chi connectivity index (χ2v) is 5.56. The molecule has 0 saturated heterocycles. The maximum atomic E-state index is 12.9. The van der Waals surface area contributed by atoms with Crippen molar-refractivity contribution in [3.63, 3.8) is 0 Å². The number of ketones is 1. The highest BCUT2D eigenvalue weighted by Gasteiger charge is 2.23. The van der Waals surface area contributed by atoms with E-state index in [1.165, 1.54) is 26.2 Å². The third kappa shape index (κ3) is 3.66. The molecule has 0 fully saturated rings. The van der Waals surface area contributed by atoms with Crippen LogP contribution in [-0.2, 0) is 20.7 Å². The van der Waals surface area contributed by atoms with Crippen molar-refractivity contribution in [1.82, 2.24) is 0 Å². The third-order valence-corrected chi connectivity index (χ3v) is 3.78. The van der Waals surface area contributed by atoms with Gasteiger partial charge in [-0.25, -0.2) is 0 Å². The summed E-state index contributed by atoms with van der Waals surface area (Å²) in [6, 6.07) is 9.33. The quantitative estimate of drug-likeness (QED) is 0.461. The van der Waals surface area contributed by atoms with Crippen LogP contribution in [0, 0.1) is 0 Å². The van der Waals surface area contributed by atoms with Crippen LogP contribution in [0.4, 0.5) is 0 Å². The number of fused-ring (bicyclic) bond motifs is 1. The first-order valence-corrected chi connectivity index (χ1v) is 7.80. The molecule has 26 heavy (non-hydrogen) atoms. The first-order chi connectivity index (χ1) is 12.5. The van der Waals surface area contributed by atoms with Crippen LogP contribution in [0.3, 0.4) is 0 Å². The summed E-state index contributed by atoms with van der Waals surface area (Å²) >= 11 is 0. The summed E-state index contributed by atoms with van der Waals surface area (Å²) in [5.41, 5.74) is 1.18. The van der Waals surface area contributed by atoms with E-state index in [1.807, 2.05) is 0 Å². The van der Waals surface area contributed by atoms with E-state index >= 15 is 0 Å². The van der Waals surface area contributed by atoms with Gasteiger partial charge in [-0.1, -0.05) is 0 Å². The van der Waals surface area contributed by atoms with Crippen molar-refractivity contribution in [2.75, 3.05) is 13.9 Å². The minimum atomic E-state index is -0.469. The Bertz CT molecular complexity index is 868. The molecule has 7 heteroatoms. The van der Waals surface area contributed by atoms with Gasteiger partial charge in [0.05, 0.1) is 13.5 Å². The largest absolute Gasteiger partial charge is 0.469 e. The van der Waals surface area contributed by atoms with Gasteiger partial charge in [0.15, 0.2) is 17.3 Å². The smallest absolute Gasteiger partial charge is 0.310 e. The second-order valence-electron chi connectivity index (χ2n) is 5.56. The molecular formula is C19H16O7. The van der Waals surface area contributed by atoms with Gasteiger partial charge in [-0.2, -0.15) is 0 Å². The standard InChI is InChI=1S/C19H16O7/c1-11(20)26-14-5-3-12(4-6-14)19(22)15-9-17-16(24-10-25-17)7-13(15)8-18(21)23-2/h3-7,9H,8,10H2,1-2H3.